The van der Waals surface area contributed by atoms with E-state index in [2.05, 4.69) is 24.1 Å². The van der Waals surface area contributed by atoms with Crippen LogP contribution < -0.4 is 11.1 Å². The summed E-state index contributed by atoms with van der Waals surface area (Å²) in [5.41, 5.74) is 5.80. The van der Waals surface area contributed by atoms with Crippen molar-refractivity contribution in [3.8, 4) is 0 Å². The Balaban J connectivity index is 2.43. The lowest BCUT2D eigenvalue weighted by atomic mass is 9.95. The maximum absolute atomic E-state index is 11.6. The third-order valence-electron chi connectivity index (χ3n) is 3.78. The third-order valence-corrected chi connectivity index (χ3v) is 3.78. The first-order valence-corrected chi connectivity index (χ1v) is 6.79. The molecular formula is C13H27N3O. The molecule has 2 unspecified atom stereocenters. The topological polar surface area (TPSA) is 58.4 Å². The fourth-order valence-corrected chi connectivity index (χ4v) is 2.54. The molecule has 0 radical (unpaired) electrons. The van der Waals surface area contributed by atoms with Crippen LogP contribution in [-0.4, -0.2) is 43.0 Å². The molecule has 0 aliphatic carbocycles. The summed E-state index contributed by atoms with van der Waals surface area (Å²) in [4.78, 5) is 14.0. The monoisotopic (exact) mass is 241 g/mol. The Bertz CT molecular complexity index is 243. The largest absolute Gasteiger partial charge is 0.356 e. The minimum Gasteiger partial charge on any atom is -0.356 e. The van der Waals surface area contributed by atoms with Gasteiger partial charge >= 0.3 is 0 Å². The summed E-state index contributed by atoms with van der Waals surface area (Å²) in [5, 5.41) is 2.85. The summed E-state index contributed by atoms with van der Waals surface area (Å²) < 4.78 is 0. The summed E-state index contributed by atoms with van der Waals surface area (Å²) >= 11 is 0. The van der Waals surface area contributed by atoms with Crippen LogP contribution in [0.4, 0.5) is 0 Å². The molecule has 0 aromatic heterocycles. The standard InChI is InChI=1S/C13H27N3O/c1-4-15-13(17)7-12(8-14)16-6-5-11(9-16)10(2)3/h10-12H,4-9,14H2,1-3H3,(H,15,17). The molecule has 4 nitrogen and oxygen atoms in total. The summed E-state index contributed by atoms with van der Waals surface area (Å²) in [6, 6.07) is 0.213. The molecule has 4 heteroatoms. The normalized spacial score (nSPS) is 23.0. The van der Waals surface area contributed by atoms with Crippen LogP contribution in [0.1, 0.15) is 33.6 Å². The minimum atomic E-state index is 0.121. The van der Waals surface area contributed by atoms with E-state index in [4.69, 9.17) is 5.73 Å². The first kappa shape index (κ1) is 14.5. The molecule has 2 atom stereocenters. The van der Waals surface area contributed by atoms with Crippen molar-refractivity contribution in [1.82, 2.24) is 10.2 Å². The van der Waals surface area contributed by atoms with Gasteiger partial charge in [-0.1, -0.05) is 13.8 Å². The van der Waals surface area contributed by atoms with E-state index in [0.29, 0.717) is 19.5 Å². The highest BCUT2D eigenvalue weighted by molar-refractivity contribution is 5.76. The Morgan fingerprint density at radius 2 is 2.24 bits per heavy atom. The van der Waals surface area contributed by atoms with Crippen molar-refractivity contribution in [1.29, 1.82) is 0 Å². The number of rotatable bonds is 6. The van der Waals surface area contributed by atoms with Crippen molar-refractivity contribution < 1.29 is 4.79 Å². The molecule has 0 saturated carbocycles. The number of hydrogen-bond acceptors (Lipinski definition) is 3. The van der Waals surface area contributed by atoms with Gasteiger partial charge in [-0.3, -0.25) is 9.69 Å². The third kappa shape index (κ3) is 4.28. The van der Waals surface area contributed by atoms with Gasteiger partial charge in [0.15, 0.2) is 0 Å². The molecule has 0 spiro atoms. The second kappa shape index (κ2) is 6.97. The number of hydrogen-bond donors (Lipinski definition) is 2. The Morgan fingerprint density at radius 3 is 2.71 bits per heavy atom. The average molecular weight is 241 g/mol. The van der Waals surface area contributed by atoms with Crippen molar-refractivity contribution in [2.75, 3.05) is 26.2 Å². The molecule has 1 aliphatic rings. The highest BCUT2D eigenvalue weighted by Gasteiger charge is 2.29. The minimum absolute atomic E-state index is 0.121. The first-order chi connectivity index (χ1) is 8.08. The van der Waals surface area contributed by atoms with Crippen molar-refractivity contribution in [2.45, 2.75) is 39.7 Å². The molecule has 1 heterocycles. The molecule has 3 N–H and O–H groups in total. The molecule has 100 valence electrons. The highest BCUT2D eigenvalue weighted by Crippen LogP contribution is 2.25. The smallest absolute Gasteiger partial charge is 0.221 e. The van der Waals surface area contributed by atoms with Crippen molar-refractivity contribution >= 4 is 5.91 Å². The lowest BCUT2D eigenvalue weighted by Crippen LogP contribution is -2.43. The van der Waals surface area contributed by atoms with Gasteiger partial charge in [-0.2, -0.15) is 0 Å². The lowest BCUT2D eigenvalue weighted by Gasteiger charge is -2.26. The molecule has 1 fully saturated rings. The molecule has 1 amide bonds. The second-order valence-corrected chi connectivity index (χ2v) is 5.33. The quantitative estimate of drug-likeness (QED) is 0.724. The number of nitrogens with one attached hydrogen (secondary N) is 1. The van der Waals surface area contributed by atoms with Gasteiger partial charge in [-0.25, -0.2) is 0 Å². The number of amides is 1. The van der Waals surface area contributed by atoms with Crippen molar-refractivity contribution in [2.24, 2.45) is 17.6 Å². The Labute approximate surface area is 105 Å². The van der Waals surface area contributed by atoms with Gasteiger partial charge in [0.05, 0.1) is 0 Å². The highest BCUT2D eigenvalue weighted by atomic mass is 16.1. The van der Waals surface area contributed by atoms with Crippen LogP contribution in [0.5, 0.6) is 0 Å². The maximum atomic E-state index is 11.6. The predicted molar refractivity (Wildman–Crippen MR) is 70.7 cm³/mol. The molecule has 17 heavy (non-hydrogen) atoms. The molecule has 1 aliphatic heterocycles. The van der Waals surface area contributed by atoms with E-state index in [9.17, 15) is 4.79 Å². The fraction of sp³-hybridized carbons (Fsp3) is 0.923. The molecule has 0 aromatic rings. The zero-order chi connectivity index (χ0) is 12.8. The lowest BCUT2D eigenvalue weighted by molar-refractivity contribution is -0.122. The van der Waals surface area contributed by atoms with E-state index < -0.39 is 0 Å². The summed E-state index contributed by atoms with van der Waals surface area (Å²) in [5.74, 6) is 1.61. The van der Waals surface area contributed by atoms with Gasteiger partial charge in [-0.15, -0.1) is 0 Å². The Morgan fingerprint density at radius 1 is 1.53 bits per heavy atom. The molecule has 0 bridgehead atoms. The number of carbonyl (C=O) groups excluding carboxylic acids is 1. The van der Waals surface area contributed by atoms with E-state index in [0.717, 1.165) is 24.9 Å². The Kier molecular flexibility index (Phi) is 5.92. The van der Waals surface area contributed by atoms with Crippen LogP contribution in [0.15, 0.2) is 0 Å². The van der Waals surface area contributed by atoms with Gasteiger partial charge in [-0.05, 0) is 31.7 Å². The van der Waals surface area contributed by atoms with E-state index >= 15 is 0 Å². The van der Waals surface area contributed by atoms with Crippen LogP contribution >= 0.6 is 0 Å². The molecule has 0 aromatic carbocycles. The number of carbonyl (C=O) groups is 1. The Hall–Kier alpha value is -0.610. The van der Waals surface area contributed by atoms with Crippen molar-refractivity contribution in [3.05, 3.63) is 0 Å². The van der Waals surface area contributed by atoms with Gasteiger partial charge in [0, 0.05) is 32.1 Å². The van der Waals surface area contributed by atoms with Crippen molar-refractivity contribution in [3.63, 3.8) is 0 Å². The SMILES string of the molecule is CCNC(=O)CC(CN)N1CCC(C(C)C)C1. The van der Waals surface area contributed by atoms with Gasteiger partial charge < -0.3 is 11.1 Å². The van der Waals surface area contributed by atoms with Crippen LogP contribution in [0.25, 0.3) is 0 Å². The van der Waals surface area contributed by atoms with E-state index in [1.54, 1.807) is 0 Å². The van der Waals surface area contributed by atoms with Crippen LogP contribution in [0.2, 0.25) is 0 Å². The maximum Gasteiger partial charge on any atom is 0.221 e. The zero-order valence-corrected chi connectivity index (χ0v) is 11.4. The fourth-order valence-electron chi connectivity index (χ4n) is 2.54. The molecule has 1 saturated heterocycles. The van der Waals surface area contributed by atoms with E-state index in [-0.39, 0.29) is 11.9 Å². The summed E-state index contributed by atoms with van der Waals surface area (Å²) in [6.45, 7) is 9.95. The van der Waals surface area contributed by atoms with Crippen LogP contribution in [0.3, 0.4) is 0 Å². The number of nitrogens with zero attached hydrogens (tertiary/aromatic N) is 1. The zero-order valence-electron chi connectivity index (χ0n) is 11.4. The molecule has 1 rings (SSSR count). The number of likely N-dealkylation sites (tertiary alicyclic amines) is 1. The first-order valence-electron chi connectivity index (χ1n) is 6.79. The van der Waals surface area contributed by atoms with E-state index in [1.807, 2.05) is 6.92 Å². The van der Waals surface area contributed by atoms with Gasteiger partial charge in [0.25, 0.3) is 0 Å². The second-order valence-electron chi connectivity index (χ2n) is 5.33. The average Bonchev–Trinajstić information content (AvgIpc) is 2.75. The molecular weight excluding hydrogens is 214 g/mol. The van der Waals surface area contributed by atoms with Gasteiger partial charge in [0.2, 0.25) is 5.91 Å². The van der Waals surface area contributed by atoms with Crippen LogP contribution in [-0.2, 0) is 4.79 Å². The predicted octanol–water partition coefficient (Wildman–Crippen LogP) is 0.818. The van der Waals surface area contributed by atoms with Crippen LogP contribution in [0, 0.1) is 11.8 Å². The summed E-state index contributed by atoms with van der Waals surface area (Å²) in [7, 11) is 0. The van der Waals surface area contributed by atoms with Gasteiger partial charge in [0.1, 0.15) is 0 Å². The van der Waals surface area contributed by atoms with E-state index in [1.165, 1.54) is 6.42 Å². The summed E-state index contributed by atoms with van der Waals surface area (Å²) in [6.07, 6.45) is 1.78. The number of nitrogens with two attached hydrogens (primary N) is 1.